The zero-order chi connectivity index (χ0) is 14.5. The van der Waals surface area contributed by atoms with Gasteiger partial charge in [-0.3, -0.25) is 4.79 Å². The van der Waals surface area contributed by atoms with E-state index >= 15 is 0 Å². The SMILES string of the molecule is Cc1ccccc1NC(=O)/C(C#N)=C\c1ccc(Cl)s1. The van der Waals surface area contributed by atoms with Crippen LogP contribution in [0.1, 0.15) is 10.4 Å². The average molecular weight is 303 g/mol. The summed E-state index contributed by atoms with van der Waals surface area (Å²) in [5, 5.41) is 11.8. The number of anilines is 1. The largest absolute Gasteiger partial charge is 0.321 e. The van der Waals surface area contributed by atoms with Gasteiger partial charge in [0.2, 0.25) is 0 Å². The molecular weight excluding hydrogens is 292 g/mol. The van der Waals surface area contributed by atoms with Gasteiger partial charge < -0.3 is 5.32 Å². The maximum absolute atomic E-state index is 12.1. The Labute approximate surface area is 126 Å². The molecule has 1 aromatic heterocycles. The second kappa shape index (κ2) is 6.38. The number of amides is 1. The number of hydrogen-bond acceptors (Lipinski definition) is 3. The number of hydrogen-bond donors (Lipinski definition) is 1. The molecule has 5 heteroatoms. The first-order valence-electron chi connectivity index (χ1n) is 5.84. The highest BCUT2D eigenvalue weighted by Gasteiger charge is 2.11. The van der Waals surface area contributed by atoms with Crippen molar-refractivity contribution in [2.45, 2.75) is 6.92 Å². The molecule has 1 N–H and O–H groups in total. The highest BCUT2D eigenvalue weighted by molar-refractivity contribution is 7.17. The average Bonchev–Trinajstić information content (AvgIpc) is 2.84. The van der Waals surface area contributed by atoms with Crippen molar-refractivity contribution in [1.29, 1.82) is 5.26 Å². The lowest BCUT2D eigenvalue weighted by atomic mass is 10.2. The Kier molecular flexibility index (Phi) is 4.57. The second-order valence-corrected chi connectivity index (χ2v) is 5.83. The first kappa shape index (κ1) is 14.3. The van der Waals surface area contributed by atoms with Gasteiger partial charge in [-0.05, 0) is 36.8 Å². The van der Waals surface area contributed by atoms with E-state index in [9.17, 15) is 4.79 Å². The Morgan fingerprint density at radius 2 is 2.10 bits per heavy atom. The number of nitrogens with one attached hydrogen (secondary N) is 1. The van der Waals surface area contributed by atoms with Gasteiger partial charge in [0.15, 0.2) is 0 Å². The molecule has 0 aliphatic carbocycles. The van der Waals surface area contributed by atoms with Crippen molar-refractivity contribution >= 4 is 40.6 Å². The number of aryl methyl sites for hydroxylation is 1. The summed E-state index contributed by atoms with van der Waals surface area (Å²) in [6.07, 6.45) is 1.53. The molecule has 0 fully saturated rings. The fourth-order valence-corrected chi connectivity index (χ4v) is 2.60. The van der Waals surface area contributed by atoms with Gasteiger partial charge in [0.25, 0.3) is 5.91 Å². The molecule has 0 spiro atoms. The lowest BCUT2D eigenvalue weighted by Gasteiger charge is -2.06. The van der Waals surface area contributed by atoms with Crippen LogP contribution in [0.15, 0.2) is 42.0 Å². The van der Waals surface area contributed by atoms with Crippen molar-refractivity contribution < 1.29 is 4.79 Å². The lowest BCUT2D eigenvalue weighted by Crippen LogP contribution is -2.14. The molecule has 1 amide bonds. The number of carbonyl (C=O) groups excluding carboxylic acids is 1. The number of rotatable bonds is 3. The quantitative estimate of drug-likeness (QED) is 0.680. The van der Waals surface area contributed by atoms with Crippen LogP contribution in [0, 0.1) is 18.3 Å². The van der Waals surface area contributed by atoms with Gasteiger partial charge >= 0.3 is 0 Å². The smallest absolute Gasteiger partial charge is 0.266 e. The van der Waals surface area contributed by atoms with Crippen LogP contribution in [0.4, 0.5) is 5.69 Å². The van der Waals surface area contributed by atoms with E-state index in [-0.39, 0.29) is 5.57 Å². The molecule has 0 aliphatic rings. The molecule has 0 radical (unpaired) electrons. The molecular formula is C15H11ClN2OS. The third-order valence-electron chi connectivity index (χ3n) is 2.64. The molecule has 0 bridgehead atoms. The molecule has 2 rings (SSSR count). The van der Waals surface area contributed by atoms with Crippen molar-refractivity contribution in [3.63, 3.8) is 0 Å². The van der Waals surface area contributed by atoms with Crippen molar-refractivity contribution in [1.82, 2.24) is 0 Å². The summed E-state index contributed by atoms with van der Waals surface area (Å²) in [6, 6.07) is 12.8. The molecule has 1 aromatic carbocycles. The minimum absolute atomic E-state index is 0.0479. The number of halogens is 1. The van der Waals surface area contributed by atoms with E-state index in [4.69, 9.17) is 16.9 Å². The zero-order valence-corrected chi connectivity index (χ0v) is 12.3. The molecule has 0 unspecified atom stereocenters. The van der Waals surface area contributed by atoms with Crippen LogP contribution in [0.25, 0.3) is 6.08 Å². The molecule has 0 saturated heterocycles. The van der Waals surface area contributed by atoms with Gasteiger partial charge in [-0.25, -0.2) is 0 Å². The molecule has 2 aromatic rings. The molecule has 1 heterocycles. The molecule has 100 valence electrons. The van der Waals surface area contributed by atoms with Crippen molar-refractivity contribution in [2.24, 2.45) is 0 Å². The number of benzene rings is 1. The predicted octanol–water partition coefficient (Wildman–Crippen LogP) is 4.26. The van der Waals surface area contributed by atoms with Crippen LogP contribution in [0.2, 0.25) is 4.34 Å². The first-order valence-corrected chi connectivity index (χ1v) is 7.03. The second-order valence-electron chi connectivity index (χ2n) is 4.08. The highest BCUT2D eigenvalue weighted by atomic mass is 35.5. The molecule has 3 nitrogen and oxygen atoms in total. The normalized spacial score (nSPS) is 10.9. The van der Waals surface area contributed by atoms with Crippen LogP contribution in [0.3, 0.4) is 0 Å². The Hall–Kier alpha value is -2.09. The number of thiophene rings is 1. The predicted molar refractivity (Wildman–Crippen MR) is 82.7 cm³/mol. The summed E-state index contributed by atoms with van der Waals surface area (Å²) in [6.45, 7) is 1.89. The van der Waals surface area contributed by atoms with Crippen molar-refractivity contribution in [3.8, 4) is 6.07 Å². The van der Waals surface area contributed by atoms with Crippen LogP contribution >= 0.6 is 22.9 Å². The van der Waals surface area contributed by atoms with Crippen molar-refractivity contribution in [3.05, 3.63) is 56.7 Å². The van der Waals surface area contributed by atoms with E-state index in [2.05, 4.69) is 5.32 Å². The number of nitriles is 1. The van der Waals surface area contributed by atoms with Gasteiger partial charge in [0.1, 0.15) is 11.6 Å². The van der Waals surface area contributed by atoms with E-state index in [1.807, 2.05) is 31.2 Å². The first-order chi connectivity index (χ1) is 9.60. The van der Waals surface area contributed by atoms with Crippen LogP contribution in [0.5, 0.6) is 0 Å². The summed E-state index contributed by atoms with van der Waals surface area (Å²) in [5.41, 5.74) is 1.69. The van der Waals surface area contributed by atoms with Gasteiger partial charge in [-0.2, -0.15) is 5.26 Å². The number of para-hydroxylation sites is 1. The summed E-state index contributed by atoms with van der Waals surface area (Å²) in [4.78, 5) is 12.8. The van der Waals surface area contributed by atoms with E-state index in [1.165, 1.54) is 17.4 Å². The Bertz CT molecular complexity index is 713. The van der Waals surface area contributed by atoms with Crippen LogP contribution in [-0.4, -0.2) is 5.91 Å². The van der Waals surface area contributed by atoms with Gasteiger partial charge in [0.05, 0.1) is 4.34 Å². The molecule has 0 aliphatic heterocycles. The minimum Gasteiger partial charge on any atom is -0.321 e. The summed E-state index contributed by atoms with van der Waals surface area (Å²) >= 11 is 7.14. The summed E-state index contributed by atoms with van der Waals surface area (Å²) < 4.78 is 0.618. The van der Waals surface area contributed by atoms with Crippen molar-refractivity contribution in [2.75, 3.05) is 5.32 Å². The Balaban J connectivity index is 2.21. The lowest BCUT2D eigenvalue weighted by molar-refractivity contribution is -0.112. The van der Waals surface area contributed by atoms with E-state index in [1.54, 1.807) is 18.2 Å². The fourth-order valence-electron chi connectivity index (χ4n) is 1.60. The van der Waals surface area contributed by atoms with Crippen LogP contribution < -0.4 is 5.32 Å². The standard InChI is InChI=1S/C15H11ClN2OS/c1-10-4-2-3-5-13(10)18-15(19)11(9-17)8-12-6-7-14(16)20-12/h2-8H,1H3,(H,18,19)/b11-8-. The third kappa shape index (κ3) is 3.47. The maximum Gasteiger partial charge on any atom is 0.266 e. The number of carbonyl (C=O) groups is 1. The van der Waals surface area contributed by atoms with Gasteiger partial charge in [-0.1, -0.05) is 29.8 Å². The molecule has 20 heavy (non-hydrogen) atoms. The van der Waals surface area contributed by atoms with E-state index in [0.29, 0.717) is 10.0 Å². The summed E-state index contributed by atoms with van der Waals surface area (Å²) in [5.74, 6) is -0.425. The third-order valence-corrected chi connectivity index (χ3v) is 3.82. The summed E-state index contributed by atoms with van der Waals surface area (Å²) in [7, 11) is 0. The minimum atomic E-state index is -0.425. The van der Waals surface area contributed by atoms with E-state index in [0.717, 1.165) is 10.4 Å². The Morgan fingerprint density at radius 1 is 1.35 bits per heavy atom. The zero-order valence-electron chi connectivity index (χ0n) is 10.7. The van der Waals surface area contributed by atoms with Gasteiger partial charge in [-0.15, -0.1) is 11.3 Å². The molecule has 0 saturated carbocycles. The van der Waals surface area contributed by atoms with Crippen LogP contribution in [-0.2, 0) is 4.79 Å². The fraction of sp³-hybridized carbons (Fsp3) is 0.0667. The van der Waals surface area contributed by atoms with E-state index < -0.39 is 5.91 Å². The monoisotopic (exact) mass is 302 g/mol. The number of nitrogens with zero attached hydrogens (tertiary/aromatic N) is 1. The maximum atomic E-state index is 12.1. The highest BCUT2D eigenvalue weighted by Crippen LogP contribution is 2.24. The van der Waals surface area contributed by atoms with Gasteiger partial charge in [0, 0.05) is 10.6 Å². The Morgan fingerprint density at radius 3 is 2.70 bits per heavy atom. The molecule has 0 atom stereocenters. The topological polar surface area (TPSA) is 52.9 Å².